The Hall–Kier alpha value is -0.180. The third kappa shape index (κ3) is 4.55. The highest BCUT2D eigenvalue weighted by Gasteiger charge is 2.27. The highest BCUT2D eigenvalue weighted by molar-refractivity contribution is 4.74. The molecular weight excluding hydrogens is 172 g/mol. The molecule has 1 saturated heterocycles. The number of rotatable bonds is 1. The zero-order valence-corrected chi connectivity index (χ0v) is 8.82. The first-order valence-electron chi connectivity index (χ1n) is 5.20. The molecule has 1 aliphatic heterocycles. The van der Waals surface area contributed by atoms with E-state index in [1.807, 2.05) is 20.8 Å². The van der Waals surface area contributed by atoms with Crippen molar-refractivity contribution in [3.8, 4) is 0 Å². The standard InChI is InChI=1S/C8H15F2N.C2H6/c1-6-2-4-11-5-3-7(6)8(9)10;1-2/h6-8,11H,2-5H2,1H3;1-2H3. The molecule has 1 heterocycles. The fourth-order valence-electron chi connectivity index (χ4n) is 1.60. The molecule has 1 aliphatic rings. The fourth-order valence-corrected chi connectivity index (χ4v) is 1.60. The number of nitrogens with one attached hydrogen (secondary N) is 1. The lowest BCUT2D eigenvalue weighted by Crippen LogP contribution is -2.19. The molecule has 1 N–H and O–H groups in total. The molecule has 0 aromatic heterocycles. The van der Waals surface area contributed by atoms with Gasteiger partial charge in [-0.1, -0.05) is 20.8 Å². The van der Waals surface area contributed by atoms with Crippen molar-refractivity contribution >= 4 is 0 Å². The summed E-state index contributed by atoms with van der Waals surface area (Å²) in [6.45, 7) is 7.56. The van der Waals surface area contributed by atoms with Gasteiger partial charge in [-0.05, 0) is 31.8 Å². The van der Waals surface area contributed by atoms with Gasteiger partial charge < -0.3 is 5.32 Å². The molecule has 0 aromatic rings. The lowest BCUT2D eigenvalue weighted by molar-refractivity contribution is 0.0459. The summed E-state index contributed by atoms with van der Waals surface area (Å²) in [7, 11) is 0. The molecule has 13 heavy (non-hydrogen) atoms. The topological polar surface area (TPSA) is 12.0 Å². The molecule has 0 aliphatic carbocycles. The molecule has 1 fully saturated rings. The van der Waals surface area contributed by atoms with Gasteiger partial charge in [0.05, 0.1) is 0 Å². The van der Waals surface area contributed by atoms with E-state index in [9.17, 15) is 8.78 Å². The second-order valence-electron chi connectivity index (χ2n) is 3.30. The average molecular weight is 193 g/mol. The van der Waals surface area contributed by atoms with Crippen LogP contribution >= 0.6 is 0 Å². The van der Waals surface area contributed by atoms with Crippen LogP contribution in [0.5, 0.6) is 0 Å². The van der Waals surface area contributed by atoms with Gasteiger partial charge in [-0.15, -0.1) is 0 Å². The van der Waals surface area contributed by atoms with Crippen molar-refractivity contribution in [3.63, 3.8) is 0 Å². The van der Waals surface area contributed by atoms with E-state index in [2.05, 4.69) is 5.32 Å². The first-order valence-corrected chi connectivity index (χ1v) is 5.20. The highest BCUT2D eigenvalue weighted by Crippen LogP contribution is 2.26. The van der Waals surface area contributed by atoms with Gasteiger partial charge in [0, 0.05) is 5.92 Å². The van der Waals surface area contributed by atoms with Crippen molar-refractivity contribution in [1.29, 1.82) is 0 Å². The van der Waals surface area contributed by atoms with Gasteiger partial charge in [-0.2, -0.15) is 0 Å². The van der Waals surface area contributed by atoms with E-state index >= 15 is 0 Å². The molecule has 0 aromatic carbocycles. The van der Waals surface area contributed by atoms with Gasteiger partial charge in [-0.3, -0.25) is 0 Å². The summed E-state index contributed by atoms with van der Waals surface area (Å²) < 4.78 is 24.6. The van der Waals surface area contributed by atoms with Gasteiger partial charge in [0.1, 0.15) is 0 Å². The van der Waals surface area contributed by atoms with E-state index in [4.69, 9.17) is 0 Å². The molecule has 0 bridgehead atoms. The van der Waals surface area contributed by atoms with Crippen LogP contribution in [-0.4, -0.2) is 19.5 Å². The minimum Gasteiger partial charge on any atom is -0.317 e. The van der Waals surface area contributed by atoms with Crippen LogP contribution in [0.2, 0.25) is 0 Å². The third-order valence-corrected chi connectivity index (χ3v) is 2.49. The van der Waals surface area contributed by atoms with Gasteiger partial charge in [0.15, 0.2) is 0 Å². The smallest absolute Gasteiger partial charge is 0.241 e. The van der Waals surface area contributed by atoms with Crippen molar-refractivity contribution in [3.05, 3.63) is 0 Å². The molecule has 0 saturated carbocycles. The fraction of sp³-hybridized carbons (Fsp3) is 1.00. The SMILES string of the molecule is CC.CC1CCNCCC1C(F)F. The summed E-state index contributed by atoms with van der Waals surface area (Å²) in [5, 5.41) is 3.13. The lowest BCUT2D eigenvalue weighted by atomic mass is 9.90. The minimum atomic E-state index is -2.13. The Balaban J connectivity index is 0.000000671. The molecule has 0 amide bonds. The van der Waals surface area contributed by atoms with Crippen molar-refractivity contribution in [2.75, 3.05) is 13.1 Å². The van der Waals surface area contributed by atoms with Crippen LogP contribution in [0.15, 0.2) is 0 Å². The van der Waals surface area contributed by atoms with Crippen molar-refractivity contribution in [2.45, 2.75) is 40.0 Å². The first-order chi connectivity index (χ1) is 6.22. The summed E-state index contributed by atoms with van der Waals surface area (Å²) in [6.07, 6.45) is -0.627. The molecule has 80 valence electrons. The molecule has 1 rings (SSSR count). The predicted molar refractivity (Wildman–Crippen MR) is 52.1 cm³/mol. The average Bonchev–Trinajstić information content (AvgIpc) is 2.33. The summed E-state index contributed by atoms with van der Waals surface area (Å²) >= 11 is 0. The van der Waals surface area contributed by atoms with Crippen LogP contribution in [-0.2, 0) is 0 Å². The molecule has 1 nitrogen and oxygen atoms in total. The number of hydrogen-bond acceptors (Lipinski definition) is 1. The molecule has 0 radical (unpaired) electrons. The van der Waals surface area contributed by atoms with Gasteiger partial charge in [-0.25, -0.2) is 8.78 Å². The maximum absolute atomic E-state index is 12.3. The summed E-state index contributed by atoms with van der Waals surface area (Å²) in [4.78, 5) is 0. The van der Waals surface area contributed by atoms with Crippen molar-refractivity contribution in [1.82, 2.24) is 5.32 Å². The van der Waals surface area contributed by atoms with Crippen molar-refractivity contribution < 1.29 is 8.78 Å². The summed E-state index contributed by atoms with van der Waals surface area (Å²) in [5.74, 6) is -0.213. The molecular formula is C10H21F2N. The molecule has 0 spiro atoms. The van der Waals surface area contributed by atoms with E-state index in [1.165, 1.54) is 0 Å². The normalized spacial score (nSPS) is 29.1. The van der Waals surface area contributed by atoms with Crippen LogP contribution in [0.25, 0.3) is 0 Å². The van der Waals surface area contributed by atoms with Gasteiger partial charge in [0.25, 0.3) is 0 Å². The van der Waals surface area contributed by atoms with Gasteiger partial charge in [0.2, 0.25) is 6.43 Å². The molecule has 3 heteroatoms. The summed E-state index contributed by atoms with van der Waals surface area (Å²) in [6, 6.07) is 0. The number of hydrogen-bond donors (Lipinski definition) is 1. The Morgan fingerprint density at radius 2 is 1.69 bits per heavy atom. The van der Waals surface area contributed by atoms with Crippen LogP contribution in [0.3, 0.4) is 0 Å². The highest BCUT2D eigenvalue weighted by atomic mass is 19.3. The Labute approximate surface area is 79.9 Å². The van der Waals surface area contributed by atoms with E-state index in [0.29, 0.717) is 6.42 Å². The molecule has 2 unspecified atom stereocenters. The van der Waals surface area contributed by atoms with E-state index < -0.39 is 6.43 Å². The maximum atomic E-state index is 12.3. The summed E-state index contributed by atoms with van der Waals surface area (Å²) in [5.41, 5.74) is 0. The van der Waals surface area contributed by atoms with Crippen LogP contribution in [0, 0.1) is 11.8 Å². The Bertz CT molecular complexity index is 117. The zero-order chi connectivity index (χ0) is 10.3. The minimum absolute atomic E-state index is 0.171. The first kappa shape index (κ1) is 12.8. The lowest BCUT2D eigenvalue weighted by Gasteiger charge is -2.19. The van der Waals surface area contributed by atoms with Crippen LogP contribution < -0.4 is 5.32 Å². The zero-order valence-electron chi connectivity index (χ0n) is 8.82. The quantitative estimate of drug-likeness (QED) is 0.675. The van der Waals surface area contributed by atoms with Crippen LogP contribution in [0.4, 0.5) is 8.78 Å². The Kier molecular flexibility index (Phi) is 7.14. The maximum Gasteiger partial charge on any atom is 0.241 e. The second-order valence-corrected chi connectivity index (χ2v) is 3.30. The number of alkyl halides is 2. The van der Waals surface area contributed by atoms with E-state index in [1.54, 1.807) is 0 Å². The number of halogens is 2. The van der Waals surface area contributed by atoms with E-state index in [0.717, 1.165) is 19.5 Å². The largest absolute Gasteiger partial charge is 0.317 e. The second kappa shape index (κ2) is 7.25. The van der Waals surface area contributed by atoms with Crippen LogP contribution in [0.1, 0.15) is 33.6 Å². The molecule has 2 atom stereocenters. The van der Waals surface area contributed by atoms with Crippen molar-refractivity contribution in [2.24, 2.45) is 11.8 Å². The van der Waals surface area contributed by atoms with E-state index in [-0.39, 0.29) is 11.8 Å². The van der Waals surface area contributed by atoms with Gasteiger partial charge >= 0.3 is 0 Å². The monoisotopic (exact) mass is 193 g/mol. The Morgan fingerprint density at radius 3 is 2.23 bits per heavy atom. The Morgan fingerprint density at radius 1 is 1.15 bits per heavy atom. The third-order valence-electron chi connectivity index (χ3n) is 2.49. The predicted octanol–water partition coefficient (Wildman–Crippen LogP) is 2.91.